The summed E-state index contributed by atoms with van der Waals surface area (Å²) in [6.07, 6.45) is 0. The smallest absolute Gasteiger partial charge is 0.233 e. The number of morpholine rings is 1. The fraction of sp³-hybridized carbons (Fsp3) is 0.333. The maximum Gasteiger partial charge on any atom is 0.233 e. The summed E-state index contributed by atoms with van der Waals surface area (Å²) in [5, 5.41) is 8.85. The quantitative estimate of drug-likeness (QED) is 0.808. The van der Waals surface area contributed by atoms with Gasteiger partial charge >= 0.3 is 0 Å². The molecule has 1 fully saturated rings. The molecule has 1 saturated heterocycles. The number of nitrogens with zero attached hydrogens (tertiary/aromatic N) is 2. The minimum atomic E-state index is -0.0250. The highest BCUT2D eigenvalue weighted by molar-refractivity contribution is 7.99. The van der Waals surface area contributed by atoms with Crippen molar-refractivity contribution in [3.8, 4) is 6.07 Å². The summed E-state index contributed by atoms with van der Waals surface area (Å²) in [5.74, 6) is 1.34. The van der Waals surface area contributed by atoms with Gasteiger partial charge in [-0.15, -0.1) is 11.8 Å². The largest absolute Gasteiger partial charge is 0.377 e. The summed E-state index contributed by atoms with van der Waals surface area (Å²) in [4.78, 5) is 14.9. The first-order valence-electron chi connectivity index (χ1n) is 8.69. The van der Waals surface area contributed by atoms with Gasteiger partial charge in [-0.05, 0) is 30.2 Å². The summed E-state index contributed by atoms with van der Waals surface area (Å²) >= 11 is 1.61. The minimum Gasteiger partial charge on any atom is -0.377 e. The van der Waals surface area contributed by atoms with Crippen molar-refractivity contribution >= 4 is 17.7 Å². The lowest BCUT2D eigenvalue weighted by atomic mass is 10.0. The zero-order chi connectivity index (χ0) is 18.4. The van der Waals surface area contributed by atoms with Gasteiger partial charge in [0.05, 0.1) is 42.7 Å². The van der Waals surface area contributed by atoms with Crippen molar-refractivity contribution in [2.75, 3.05) is 19.0 Å². The molecule has 4 nitrogen and oxygen atoms in total. The standard InChI is InChI=1S/C21H22N2O2S/c1-16-12-25-13-20(19-5-3-2-4-6-19)23(16)21(24)15-26-14-18-9-7-17(11-22)8-10-18/h2-10,16,20H,12-15H2,1H3/t16-,20+/m1/s1. The van der Waals surface area contributed by atoms with Crippen molar-refractivity contribution in [2.24, 2.45) is 0 Å². The van der Waals surface area contributed by atoms with E-state index in [-0.39, 0.29) is 18.0 Å². The van der Waals surface area contributed by atoms with Gasteiger partial charge in [-0.2, -0.15) is 5.26 Å². The first kappa shape index (κ1) is 18.5. The minimum absolute atomic E-state index is 0.0250. The first-order chi connectivity index (χ1) is 12.7. The maximum atomic E-state index is 12.9. The Morgan fingerprint density at radius 1 is 1.19 bits per heavy atom. The molecule has 1 aliphatic heterocycles. The van der Waals surface area contributed by atoms with E-state index in [4.69, 9.17) is 10.00 Å². The average molecular weight is 366 g/mol. The average Bonchev–Trinajstić information content (AvgIpc) is 2.69. The molecule has 3 rings (SSSR count). The molecule has 134 valence electrons. The zero-order valence-electron chi connectivity index (χ0n) is 14.8. The normalized spacial score (nSPS) is 19.8. The molecule has 1 aliphatic rings. The molecule has 2 aromatic rings. The zero-order valence-corrected chi connectivity index (χ0v) is 15.6. The number of hydrogen-bond donors (Lipinski definition) is 0. The van der Waals surface area contributed by atoms with Gasteiger partial charge in [-0.3, -0.25) is 4.79 Å². The van der Waals surface area contributed by atoms with Gasteiger partial charge in [0.25, 0.3) is 0 Å². The number of rotatable bonds is 5. The number of thioether (sulfide) groups is 1. The van der Waals surface area contributed by atoms with Crippen molar-refractivity contribution in [1.29, 1.82) is 5.26 Å². The van der Waals surface area contributed by atoms with E-state index in [0.29, 0.717) is 24.5 Å². The molecule has 0 aliphatic carbocycles. The molecule has 0 unspecified atom stereocenters. The number of ether oxygens (including phenoxy) is 1. The third-order valence-corrected chi connectivity index (χ3v) is 5.48. The van der Waals surface area contributed by atoms with Gasteiger partial charge in [0.1, 0.15) is 0 Å². The van der Waals surface area contributed by atoms with Crippen molar-refractivity contribution in [3.05, 3.63) is 71.3 Å². The second-order valence-electron chi connectivity index (χ2n) is 6.42. The van der Waals surface area contributed by atoms with Crippen molar-refractivity contribution in [2.45, 2.75) is 24.8 Å². The molecule has 0 N–H and O–H groups in total. The van der Waals surface area contributed by atoms with E-state index < -0.39 is 0 Å². The van der Waals surface area contributed by atoms with Crippen LogP contribution in [-0.2, 0) is 15.3 Å². The predicted octanol–water partition coefficient (Wildman–Crippen LogP) is 3.78. The number of nitriles is 1. The van der Waals surface area contributed by atoms with E-state index >= 15 is 0 Å². The first-order valence-corrected chi connectivity index (χ1v) is 9.85. The van der Waals surface area contributed by atoms with Crippen LogP contribution in [0.1, 0.15) is 29.7 Å². The molecular formula is C21H22N2O2S. The highest BCUT2D eigenvalue weighted by Crippen LogP contribution is 2.28. The highest BCUT2D eigenvalue weighted by atomic mass is 32.2. The Balaban J connectivity index is 1.61. The van der Waals surface area contributed by atoms with E-state index in [1.165, 1.54) is 0 Å². The van der Waals surface area contributed by atoms with Gasteiger partial charge < -0.3 is 9.64 Å². The SMILES string of the molecule is C[C@@H]1COC[C@@H](c2ccccc2)N1C(=O)CSCc1ccc(C#N)cc1. The molecule has 1 heterocycles. The topological polar surface area (TPSA) is 53.3 Å². The third kappa shape index (κ3) is 4.46. The molecule has 0 bridgehead atoms. The molecule has 26 heavy (non-hydrogen) atoms. The second-order valence-corrected chi connectivity index (χ2v) is 7.40. The van der Waals surface area contributed by atoms with E-state index in [9.17, 15) is 4.79 Å². The van der Waals surface area contributed by atoms with Crippen LogP contribution in [0.2, 0.25) is 0 Å². The molecule has 2 atom stereocenters. The monoisotopic (exact) mass is 366 g/mol. The lowest BCUT2D eigenvalue weighted by Gasteiger charge is -2.40. The molecule has 0 saturated carbocycles. The Kier molecular flexibility index (Phi) is 6.32. The summed E-state index contributed by atoms with van der Waals surface area (Å²) in [5.41, 5.74) is 2.89. The fourth-order valence-corrected chi connectivity index (χ4v) is 4.03. The lowest BCUT2D eigenvalue weighted by Crippen LogP contribution is -2.49. The van der Waals surface area contributed by atoms with Gasteiger partial charge in [-0.1, -0.05) is 42.5 Å². The van der Waals surface area contributed by atoms with Crippen LogP contribution >= 0.6 is 11.8 Å². The van der Waals surface area contributed by atoms with Crippen molar-refractivity contribution in [3.63, 3.8) is 0 Å². The summed E-state index contributed by atoms with van der Waals surface area (Å²) in [6, 6.07) is 19.8. The molecule has 0 radical (unpaired) electrons. The van der Waals surface area contributed by atoms with Gasteiger partial charge in [0.15, 0.2) is 0 Å². The lowest BCUT2D eigenvalue weighted by molar-refractivity contribution is -0.142. The Morgan fingerprint density at radius 2 is 1.92 bits per heavy atom. The number of carbonyl (C=O) groups is 1. The second kappa shape index (κ2) is 8.88. The van der Waals surface area contributed by atoms with Crippen LogP contribution in [0.5, 0.6) is 0 Å². The van der Waals surface area contributed by atoms with Gasteiger partial charge in [0.2, 0.25) is 5.91 Å². The molecule has 0 aromatic heterocycles. The molecule has 5 heteroatoms. The molecule has 2 aromatic carbocycles. The fourth-order valence-electron chi connectivity index (χ4n) is 3.18. The third-order valence-electron chi connectivity index (χ3n) is 4.50. The van der Waals surface area contributed by atoms with Crippen LogP contribution in [0.3, 0.4) is 0 Å². The van der Waals surface area contributed by atoms with E-state index in [0.717, 1.165) is 16.9 Å². The van der Waals surface area contributed by atoms with Crippen molar-refractivity contribution in [1.82, 2.24) is 4.90 Å². The number of hydrogen-bond acceptors (Lipinski definition) is 4. The van der Waals surface area contributed by atoms with Crippen LogP contribution in [0, 0.1) is 11.3 Å². The van der Waals surface area contributed by atoms with E-state index in [2.05, 4.69) is 18.2 Å². The Bertz CT molecular complexity index is 771. The Labute approximate surface area is 158 Å². The maximum absolute atomic E-state index is 12.9. The summed E-state index contributed by atoms with van der Waals surface area (Å²) in [7, 11) is 0. The predicted molar refractivity (Wildman–Crippen MR) is 104 cm³/mol. The molecule has 1 amide bonds. The van der Waals surface area contributed by atoms with E-state index in [1.54, 1.807) is 11.8 Å². The summed E-state index contributed by atoms with van der Waals surface area (Å²) < 4.78 is 5.70. The Hall–Kier alpha value is -2.29. The van der Waals surface area contributed by atoms with E-state index in [1.807, 2.05) is 54.3 Å². The van der Waals surface area contributed by atoms with Gasteiger partial charge in [0, 0.05) is 5.75 Å². The van der Waals surface area contributed by atoms with Crippen LogP contribution < -0.4 is 0 Å². The Morgan fingerprint density at radius 3 is 2.62 bits per heavy atom. The molecular weight excluding hydrogens is 344 g/mol. The molecule has 0 spiro atoms. The van der Waals surface area contributed by atoms with Crippen LogP contribution in [0.25, 0.3) is 0 Å². The van der Waals surface area contributed by atoms with Crippen LogP contribution in [-0.4, -0.2) is 35.8 Å². The van der Waals surface area contributed by atoms with Gasteiger partial charge in [-0.25, -0.2) is 0 Å². The van der Waals surface area contributed by atoms with Crippen molar-refractivity contribution < 1.29 is 9.53 Å². The van der Waals surface area contributed by atoms with Crippen LogP contribution in [0.4, 0.5) is 0 Å². The highest BCUT2D eigenvalue weighted by Gasteiger charge is 2.33. The number of carbonyl (C=O) groups excluding carboxylic acids is 1. The number of amides is 1. The van der Waals surface area contributed by atoms with Crippen LogP contribution in [0.15, 0.2) is 54.6 Å². The summed E-state index contributed by atoms with van der Waals surface area (Å²) in [6.45, 7) is 3.16. The number of benzene rings is 2.